The highest BCUT2D eigenvalue weighted by Crippen LogP contribution is 2.37. The molecule has 1 saturated carbocycles. The third kappa shape index (κ3) is 1.67. The monoisotopic (exact) mass is 232 g/mol. The first-order chi connectivity index (χ1) is 8.21. The molecule has 0 atom stereocenters. The number of hydrogen-bond donors (Lipinski definition) is 2. The summed E-state index contributed by atoms with van der Waals surface area (Å²) in [5, 5.41) is 0. The van der Waals surface area contributed by atoms with Crippen LogP contribution in [0, 0.1) is 0 Å². The van der Waals surface area contributed by atoms with E-state index in [1.807, 2.05) is 19.1 Å². The molecule has 0 saturated heterocycles. The van der Waals surface area contributed by atoms with Crippen LogP contribution in [0.5, 0.6) is 5.88 Å². The van der Waals surface area contributed by atoms with Crippen molar-refractivity contribution in [1.29, 1.82) is 0 Å². The van der Waals surface area contributed by atoms with Gasteiger partial charge in [0, 0.05) is 6.07 Å². The van der Waals surface area contributed by atoms with Crippen molar-refractivity contribution in [2.75, 3.05) is 6.61 Å². The first kappa shape index (κ1) is 10.5. The molecule has 90 valence electrons. The van der Waals surface area contributed by atoms with Crippen LogP contribution in [0.2, 0.25) is 0 Å². The van der Waals surface area contributed by atoms with E-state index in [2.05, 4.69) is 15.0 Å². The summed E-state index contributed by atoms with van der Waals surface area (Å²) in [5.41, 5.74) is 7.56. The standard InChI is InChI=1S/C12H16N4O/c1-2-17-9-5-4-8-10(15-9)16-11(14-8)12(13)6-3-7-12/h4-5H,2-3,6-7,13H2,1H3,(H,14,15,16). The zero-order valence-corrected chi connectivity index (χ0v) is 9.86. The molecule has 0 aromatic carbocycles. The van der Waals surface area contributed by atoms with Gasteiger partial charge in [0.05, 0.1) is 17.7 Å². The van der Waals surface area contributed by atoms with E-state index in [4.69, 9.17) is 10.5 Å². The Morgan fingerprint density at radius 3 is 2.88 bits per heavy atom. The van der Waals surface area contributed by atoms with Gasteiger partial charge in [-0.1, -0.05) is 0 Å². The molecule has 1 fully saturated rings. The lowest BCUT2D eigenvalue weighted by Gasteiger charge is -2.35. The third-order valence-corrected chi connectivity index (χ3v) is 3.33. The summed E-state index contributed by atoms with van der Waals surface area (Å²) in [5.74, 6) is 1.46. The summed E-state index contributed by atoms with van der Waals surface area (Å²) in [7, 11) is 0. The minimum absolute atomic E-state index is 0.271. The van der Waals surface area contributed by atoms with E-state index in [9.17, 15) is 0 Å². The molecule has 2 aromatic heterocycles. The molecule has 5 nitrogen and oxygen atoms in total. The smallest absolute Gasteiger partial charge is 0.215 e. The van der Waals surface area contributed by atoms with E-state index < -0.39 is 0 Å². The number of fused-ring (bicyclic) bond motifs is 1. The van der Waals surface area contributed by atoms with Gasteiger partial charge in [0.1, 0.15) is 5.82 Å². The number of imidazole rings is 1. The van der Waals surface area contributed by atoms with Gasteiger partial charge >= 0.3 is 0 Å². The Morgan fingerprint density at radius 1 is 1.41 bits per heavy atom. The number of aromatic amines is 1. The zero-order chi connectivity index (χ0) is 11.9. The second-order valence-electron chi connectivity index (χ2n) is 4.55. The van der Waals surface area contributed by atoms with Crippen LogP contribution in [0.1, 0.15) is 32.0 Å². The Kier molecular flexibility index (Phi) is 2.29. The van der Waals surface area contributed by atoms with Crippen LogP contribution in [0.25, 0.3) is 11.2 Å². The quantitative estimate of drug-likeness (QED) is 0.844. The summed E-state index contributed by atoms with van der Waals surface area (Å²) in [6.45, 7) is 2.54. The van der Waals surface area contributed by atoms with Gasteiger partial charge in [0.2, 0.25) is 5.88 Å². The number of nitrogens with one attached hydrogen (secondary N) is 1. The van der Waals surface area contributed by atoms with Crippen molar-refractivity contribution in [3.8, 4) is 5.88 Å². The van der Waals surface area contributed by atoms with Crippen LogP contribution < -0.4 is 10.5 Å². The van der Waals surface area contributed by atoms with E-state index in [0.717, 1.165) is 24.2 Å². The highest BCUT2D eigenvalue weighted by atomic mass is 16.5. The van der Waals surface area contributed by atoms with Gasteiger partial charge in [-0.2, -0.15) is 4.98 Å². The van der Waals surface area contributed by atoms with Gasteiger partial charge in [0.15, 0.2) is 5.65 Å². The molecule has 0 unspecified atom stereocenters. The molecule has 1 aliphatic rings. The van der Waals surface area contributed by atoms with Crippen molar-refractivity contribution in [1.82, 2.24) is 15.0 Å². The fourth-order valence-electron chi connectivity index (χ4n) is 2.13. The number of hydrogen-bond acceptors (Lipinski definition) is 4. The predicted molar refractivity (Wildman–Crippen MR) is 64.8 cm³/mol. The molecule has 2 aromatic rings. The molecule has 5 heteroatoms. The number of pyridine rings is 1. The van der Waals surface area contributed by atoms with Gasteiger partial charge in [-0.25, -0.2) is 4.98 Å². The number of aromatic nitrogens is 3. The highest BCUT2D eigenvalue weighted by Gasteiger charge is 2.37. The summed E-state index contributed by atoms with van der Waals surface area (Å²) < 4.78 is 5.35. The lowest BCUT2D eigenvalue weighted by Crippen LogP contribution is -2.44. The maximum absolute atomic E-state index is 6.23. The molecular formula is C12H16N4O. The minimum atomic E-state index is -0.271. The van der Waals surface area contributed by atoms with Crippen molar-refractivity contribution in [3.63, 3.8) is 0 Å². The van der Waals surface area contributed by atoms with Crippen LogP contribution >= 0.6 is 0 Å². The number of H-pyrrole nitrogens is 1. The van der Waals surface area contributed by atoms with E-state index in [1.54, 1.807) is 0 Å². The normalized spacial score (nSPS) is 18.0. The lowest BCUT2D eigenvalue weighted by molar-refractivity contribution is 0.240. The van der Waals surface area contributed by atoms with Gasteiger partial charge in [-0.05, 0) is 32.3 Å². The van der Waals surface area contributed by atoms with Crippen molar-refractivity contribution in [2.45, 2.75) is 31.7 Å². The average Bonchev–Trinajstić information content (AvgIpc) is 2.69. The van der Waals surface area contributed by atoms with Crippen LogP contribution in [0.4, 0.5) is 0 Å². The van der Waals surface area contributed by atoms with Crippen LogP contribution in [0.3, 0.4) is 0 Å². The fourth-order valence-corrected chi connectivity index (χ4v) is 2.13. The molecule has 2 heterocycles. The number of rotatable bonds is 3. The van der Waals surface area contributed by atoms with Crippen molar-refractivity contribution in [2.24, 2.45) is 5.73 Å². The molecule has 0 bridgehead atoms. The summed E-state index contributed by atoms with van der Waals surface area (Å²) in [4.78, 5) is 12.1. The van der Waals surface area contributed by atoms with Gasteiger partial charge in [0.25, 0.3) is 0 Å². The van der Waals surface area contributed by atoms with Gasteiger partial charge < -0.3 is 15.5 Å². The molecule has 3 rings (SSSR count). The first-order valence-electron chi connectivity index (χ1n) is 6.00. The van der Waals surface area contributed by atoms with Gasteiger partial charge in [-0.3, -0.25) is 0 Å². The van der Waals surface area contributed by atoms with E-state index in [1.165, 1.54) is 6.42 Å². The Labute approximate surface area is 99.4 Å². The van der Waals surface area contributed by atoms with E-state index in [-0.39, 0.29) is 5.54 Å². The van der Waals surface area contributed by atoms with E-state index in [0.29, 0.717) is 18.1 Å². The second kappa shape index (κ2) is 3.70. The lowest BCUT2D eigenvalue weighted by atomic mass is 9.77. The van der Waals surface area contributed by atoms with Gasteiger partial charge in [-0.15, -0.1) is 0 Å². The number of nitrogens with zero attached hydrogens (tertiary/aromatic N) is 2. The molecule has 0 amide bonds. The molecular weight excluding hydrogens is 216 g/mol. The fraction of sp³-hybridized carbons (Fsp3) is 0.500. The molecule has 0 spiro atoms. The molecule has 1 aliphatic carbocycles. The molecule has 0 aliphatic heterocycles. The third-order valence-electron chi connectivity index (χ3n) is 3.33. The predicted octanol–water partition coefficient (Wildman–Crippen LogP) is 1.69. The van der Waals surface area contributed by atoms with Crippen molar-refractivity contribution < 1.29 is 4.74 Å². The van der Waals surface area contributed by atoms with Crippen molar-refractivity contribution >= 4 is 11.2 Å². The first-order valence-corrected chi connectivity index (χ1v) is 6.00. The molecule has 0 radical (unpaired) electrons. The Balaban J connectivity index is 2.00. The Hall–Kier alpha value is -1.62. The Bertz CT molecular complexity index is 544. The van der Waals surface area contributed by atoms with Crippen molar-refractivity contribution in [3.05, 3.63) is 18.0 Å². The largest absolute Gasteiger partial charge is 0.478 e. The van der Waals surface area contributed by atoms with E-state index >= 15 is 0 Å². The SMILES string of the molecule is CCOc1ccc2[nH]c(C3(N)CCC3)nc2n1. The maximum atomic E-state index is 6.23. The average molecular weight is 232 g/mol. The second-order valence-corrected chi connectivity index (χ2v) is 4.55. The summed E-state index contributed by atoms with van der Waals surface area (Å²) >= 11 is 0. The zero-order valence-electron chi connectivity index (χ0n) is 9.86. The summed E-state index contributed by atoms with van der Waals surface area (Å²) in [6.07, 6.45) is 3.15. The summed E-state index contributed by atoms with van der Waals surface area (Å²) in [6, 6.07) is 3.78. The maximum Gasteiger partial charge on any atom is 0.215 e. The number of ether oxygens (including phenoxy) is 1. The topological polar surface area (TPSA) is 76.8 Å². The molecule has 3 N–H and O–H groups in total. The van der Waals surface area contributed by atoms with Crippen LogP contribution in [0.15, 0.2) is 12.1 Å². The number of nitrogens with two attached hydrogens (primary N) is 1. The highest BCUT2D eigenvalue weighted by molar-refractivity contribution is 5.71. The van der Waals surface area contributed by atoms with Crippen LogP contribution in [-0.2, 0) is 5.54 Å². The molecule has 17 heavy (non-hydrogen) atoms. The minimum Gasteiger partial charge on any atom is -0.478 e. The van der Waals surface area contributed by atoms with Crippen LogP contribution in [-0.4, -0.2) is 21.6 Å². The Morgan fingerprint density at radius 2 is 2.24 bits per heavy atom.